The van der Waals surface area contributed by atoms with Gasteiger partial charge in [0.15, 0.2) is 22.9 Å². The monoisotopic (exact) mass is 475 g/mol. The van der Waals surface area contributed by atoms with Crippen LogP contribution in [0.25, 0.3) is 11.0 Å². The molecule has 1 amide bonds. The zero-order chi connectivity index (χ0) is 24.5. The van der Waals surface area contributed by atoms with Gasteiger partial charge in [0.05, 0.1) is 25.1 Å². The van der Waals surface area contributed by atoms with E-state index in [-0.39, 0.29) is 17.9 Å². The van der Waals surface area contributed by atoms with Crippen LogP contribution in [0, 0.1) is 5.82 Å². The Hall–Kier alpha value is -4.40. The standard InChI is InChI=1S/C26H22FN3O5/c1-34-19-5-2-4-17-14-20(35-25(17)19)23(31)21-22(16-6-8-18(27)9-7-16)30(26(33)24(21)32)12-3-11-29-13-10-28-15-29/h2,4-10,13-15,22,32H,3,11-12H2,1H3/t22-/m0/s1. The van der Waals surface area contributed by atoms with E-state index in [0.717, 1.165) is 0 Å². The van der Waals surface area contributed by atoms with Crippen molar-refractivity contribution >= 4 is 22.7 Å². The first-order valence-corrected chi connectivity index (χ1v) is 11.0. The van der Waals surface area contributed by atoms with Gasteiger partial charge in [-0.3, -0.25) is 9.59 Å². The molecule has 3 heterocycles. The Labute approximate surface area is 199 Å². The number of imidazole rings is 1. The molecule has 2 aromatic carbocycles. The van der Waals surface area contributed by atoms with Crippen LogP contribution in [0.2, 0.25) is 0 Å². The summed E-state index contributed by atoms with van der Waals surface area (Å²) in [5.74, 6) is -1.96. The van der Waals surface area contributed by atoms with Gasteiger partial charge in [-0.1, -0.05) is 24.3 Å². The first kappa shape index (κ1) is 22.4. The number of nitrogens with zero attached hydrogens (tertiary/aromatic N) is 3. The van der Waals surface area contributed by atoms with Crippen molar-refractivity contribution in [3.8, 4) is 5.75 Å². The van der Waals surface area contributed by atoms with E-state index in [4.69, 9.17) is 9.15 Å². The highest BCUT2D eigenvalue weighted by Crippen LogP contribution is 2.40. The van der Waals surface area contributed by atoms with Gasteiger partial charge in [-0.2, -0.15) is 0 Å². The lowest BCUT2D eigenvalue weighted by atomic mass is 9.95. The maximum Gasteiger partial charge on any atom is 0.290 e. The average Bonchev–Trinajstić information content (AvgIpc) is 3.59. The molecule has 1 atom stereocenters. The number of hydrogen-bond acceptors (Lipinski definition) is 6. The van der Waals surface area contributed by atoms with E-state index >= 15 is 0 Å². The number of benzene rings is 2. The second-order valence-corrected chi connectivity index (χ2v) is 8.19. The third kappa shape index (κ3) is 4.05. The van der Waals surface area contributed by atoms with Crippen LogP contribution in [-0.4, -0.2) is 44.9 Å². The minimum absolute atomic E-state index is 0.0359. The number of ether oxygens (including phenoxy) is 1. The van der Waals surface area contributed by atoms with Gasteiger partial charge in [0, 0.05) is 30.9 Å². The molecule has 1 aliphatic heterocycles. The highest BCUT2D eigenvalue weighted by Gasteiger charge is 2.44. The maximum absolute atomic E-state index is 13.6. The average molecular weight is 475 g/mol. The normalized spacial score (nSPS) is 15.9. The fourth-order valence-corrected chi connectivity index (χ4v) is 4.39. The lowest BCUT2D eigenvalue weighted by Crippen LogP contribution is -2.32. The van der Waals surface area contributed by atoms with Crippen molar-refractivity contribution in [2.75, 3.05) is 13.7 Å². The summed E-state index contributed by atoms with van der Waals surface area (Å²) >= 11 is 0. The number of aliphatic hydroxyl groups excluding tert-OH is 1. The van der Waals surface area contributed by atoms with Crippen LogP contribution in [0.1, 0.15) is 28.6 Å². The first-order chi connectivity index (χ1) is 17.0. The fourth-order valence-electron chi connectivity index (χ4n) is 4.39. The maximum atomic E-state index is 13.6. The van der Waals surface area contributed by atoms with E-state index < -0.39 is 29.3 Å². The largest absolute Gasteiger partial charge is 0.503 e. The van der Waals surface area contributed by atoms with E-state index in [0.29, 0.717) is 35.2 Å². The molecular weight excluding hydrogens is 453 g/mol. The van der Waals surface area contributed by atoms with Gasteiger partial charge in [-0.15, -0.1) is 0 Å². The van der Waals surface area contributed by atoms with Crippen LogP contribution in [0.15, 0.2) is 83.0 Å². The second kappa shape index (κ2) is 9.09. The molecule has 1 N–H and O–H groups in total. The number of aromatic nitrogens is 2. The lowest BCUT2D eigenvalue weighted by Gasteiger charge is -2.26. The number of methoxy groups -OCH3 is 1. The van der Waals surface area contributed by atoms with Crippen molar-refractivity contribution in [3.05, 3.63) is 95.7 Å². The summed E-state index contributed by atoms with van der Waals surface area (Å²) in [4.78, 5) is 32.1. The zero-order valence-corrected chi connectivity index (χ0v) is 18.8. The molecule has 0 saturated heterocycles. The van der Waals surface area contributed by atoms with Crippen LogP contribution in [-0.2, 0) is 11.3 Å². The molecule has 178 valence electrons. The van der Waals surface area contributed by atoms with Gasteiger partial charge in [0.1, 0.15) is 5.82 Å². The molecule has 9 heteroatoms. The number of fused-ring (bicyclic) bond motifs is 1. The van der Waals surface area contributed by atoms with Gasteiger partial charge in [-0.05, 0) is 36.2 Å². The molecule has 8 nitrogen and oxygen atoms in total. The molecule has 0 saturated carbocycles. The number of amides is 1. The number of hydrogen-bond donors (Lipinski definition) is 1. The molecule has 0 unspecified atom stereocenters. The van der Waals surface area contributed by atoms with Crippen LogP contribution in [0.3, 0.4) is 0 Å². The summed E-state index contributed by atoms with van der Waals surface area (Å²) in [5, 5.41) is 11.5. The molecule has 35 heavy (non-hydrogen) atoms. The third-order valence-electron chi connectivity index (χ3n) is 6.06. The lowest BCUT2D eigenvalue weighted by molar-refractivity contribution is -0.129. The number of rotatable bonds is 8. The molecule has 0 aliphatic carbocycles. The minimum Gasteiger partial charge on any atom is -0.503 e. The number of aryl methyl sites for hydroxylation is 1. The Balaban J connectivity index is 1.51. The number of carbonyl (C=O) groups is 2. The molecule has 0 bridgehead atoms. The summed E-state index contributed by atoms with van der Waals surface area (Å²) < 4.78 is 26.6. The summed E-state index contributed by atoms with van der Waals surface area (Å²) in [5.41, 5.74) is 0.781. The molecule has 5 rings (SSSR count). The first-order valence-electron chi connectivity index (χ1n) is 11.0. The van der Waals surface area contributed by atoms with Crippen LogP contribution < -0.4 is 4.74 Å². The number of para-hydroxylation sites is 1. The number of aliphatic hydroxyl groups is 1. The van der Waals surface area contributed by atoms with Gasteiger partial charge in [-0.25, -0.2) is 9.37 Å². The van der Waals surface area contributed by atoms with Crippen molar-refractivity contribution in [3.63, 3.8) is 0 Å². The molecule has 0 radical (unpaired) electrons. The highest BCUT2D eigenvalue weighted by atomic mass is 19.1. The van der Waals surface area contributed by atoms with Gasteiger partial charge < -0.3 is 23.7 Å². The predicted molar refractivity (Wildman–Crippen MR) is 124 cm³/mol. The molecule has 0 fully saturated rings. The minimum atomic E-state index is -0.895. The second-order valence-electron chi connectivity index (χ2n) is 8.19. The summed E-state index contributed by atoms with van der Waals surface area (Å²) in [6.45, 7) is 0.848. The molecule has 4 aromatic rings. The van der Waals surface area contributed by atoms with Crippen LogP contribution in [0.5, 0.6) is 5.75 Å². The zero-order valence-electron chi connectivity index (χ0n) is 18.8. The number of carbonyl (C=O) groups excluding carboxylic acids is 2. The molecular formula is C26H22FN3O5. The molecule has 0 spiro atoms. The van der Waals surface area contributed by atoms with Crippen molar-refractivity contribution < 1.29 is 28.2 Å². The smallest absolute Gasteiger partial charge is 0.290 e. The summed E-state index contributed by atoms with van der Waals surface area (Å²) in [6.07, 6.45) is 5.69. The SMILES string of the molecule is COc1cccc2cc(C(=O)C3=C(O)C(=O)N(CCCn4ccnc4)[C@H]3c3ccc(F)cc3)oc12. The van der Waals surface area contributed by atoms with Crippen molar-refractivity contribution in [1.29, 1.82) is 0 Å². The summed E-state index contributed by atoms with van der Waals surface area (Å²) in [7, 11) is 1.50. The number of ketones is 1. The Morgan fingerprint density at radius 3 is 2.71 bits per heavy atom. The fraction of sp³-hybridized carbons (Fsp3) is 0.192. The van der Waals surface area contributed by atoms with Crippen molar-refractivity contribution in [2.24, 2.45) is 0 Å². The van der Waals surface area contributed by atoms with E-state index in [2.05, 4.69) is 4.98 Å². The number of furan rings is 1. The van der Waals surface area contributed by atoms with Gasteiger partial charge in [0.25, 0.3) is 5.91 Å². The van der Waals surface area contributed by atoms with Gasteiger partial charge >= 0.3 is 0 Å². The number of Topliss-reactive ketones (excluding diaryl/α,β-unsaturated/α-hetero) is 1. The molecule has 2 aromatic heterocycles. The Morgan fingerprint density at radius 2 is 2.00 bits per heavy atom. The Kier molecular flexibility index (Phi) is 5.82. The quantitative estimate of drug-likeness (QED) is 0.378. The summed E-state index contributed by atoms with van der Waals surface area (Å²) in [6, 6.07) is 11.4. The highest BCUT2D eigenvalue weighted by molar-refractivity contribution is 6.16. The van der Waals surface area contributed by atoms with Crippen LogP contribution >= 0.6 is 0 Å². The predicted octanol–water partition coefficient (Wildman–Crippen LogP) is 4.45. The van der Waals surface area contributed by atoms with E-state index in [1.807, 2.05) is 10.8 Å². The molecule has 1 aliphatic rings. The van der Waals surface area contributed by atoms with Gasteiger partial charge in [0.2, 0.25) is 5.78 Å². The Bertz CT molecular complexity index is 1420. The number of halogens is 1. The van der Waals surface area contributed by atoms with Crippen molar-refractivity contribution in [2.45, 2.75) is 19.0 Å². The van der Waals surface area contributed by atoms with Crippen molar-refractivity contribution in [1.82, 2.24) is 14.5 Å². The topological polar surface area (TPSA) is 97.8 Å². The van der Waals surface area contributed by atoms with Crippen LogP contribution in [0.4, 0.5) is 4.39 Å². The van der Waals surface area contributed by atoms with E-state index in [1.54, 1.807) is 36.8 Å². The van der Waals surface area contributed by atoms with E-state index in [9.17, 15) is 19.1 Å². The Morgan fingerprint density at radius 1 is 1.20 bits per heavy atom. The van der Waals surface area contributed by atoms with E-state index in [1.165, 1.54) is 36.3 Å². The third-order valence-corrected chi connectivity index (χ3v) is 6.06.